The van der Waals surface area contributed by atoms with Gasteiger partial charge in [-0.05, 0) is 93.3 Å². The van der Waals surface area contributed by atoms with Crippen molar-refractivity contribution < 1.29 is 23.8 Å². The van der Waals surface area contributed by atoms with Gasteiger partial charge < -0.3 is 19.1 Å². The summed E-state index contributed by atoms with van der Waals surface area (Å²) in [6.45, 7) is 7.68. The molecule has 254 valence electrons. The lowest BCUT2D eigenvalue weighted by atomic mass is 9.96. The SMILES string of the molecule is CCOC(=O)c1c(CCCOc2cccc3cc(F)ccc23)c2ccc(Cl)c3c2n1CCCCN(CCCO)Cc1nn(C)c(CC)c1-3. The van der Waals surface area contributed by atoms with Gasteiger partial charge in [0.15, 0.2) is 0 Å². The number of hydrogen-bond donors (Lipinski definition) is 1. The number of benzene rings is 3. The van der Waals surface area contributed by atoms with Crippen LogP contribution in [0.25, 0.3) is 32.8 Å². The van der Waals surface area contributed by atoms with E-state index in [1.54, 1.807) is 6.07 Å². The Morgan fingerprint density at radius 1 is 1.04 bits per heavy atom. The van der Waals surface area contributed by atoms with E-state index in [-0.39, 0.29) is 25.0 Å². The lowest BCUT2D eigenvalue weighted by Crippen LogP contribution is -2.27. The molecule has 0 bridgehead atoms. The number of hydrogen-bond acceptors (Lipinski definition) is 6. The van der Waals surface area contributed by atoms with Crippen LogP contribution in [0.4, 0.5) is 4.39 Å². The first kappa shape index (κ1) is 34.0. The first-order chi connectivity index (χ1) is 23.4. The molecule has 10 heteroatoms. The van der Waals surface area contributed by atoms with E-state index >= 15 is 0 Å². The summed E-state index contributed by atoms with van der Waals surface area (Å²) in [5.41, 5.74) is 6.36. The van der Waals surface area contributed by atoms with Crippen molar-refractivity contribution in [3.63, 3.8) is 0 Å². The fourth-order valence-electron chi connectivity index (χ4n) is 7.23. The Morgan fingerprint density at radius 3 is 2.65 bits per heavy atom. The minimum absolute atomic E-state index is 0.140. The third-order valence-corrected chi connectivity index (χ3v) is 9.63. The number of aliphatic hydroxyl groups excluding tert-OH is 1. The Bertz CT molecular complexity index is 1930. The predicted octanol–water partition coefficient (Wildman–Crippen LogP) is 7.72. The molecule has 2 aromatic heterocycles. The third kappa shape index (κ3) is 6.68. The molecule has 0 saturated carbocycles. The van der Waals surface area contributed by atoms with Crippen molar-refractivity contribution in [2.75, 3.05) is 32.9 Å². The maximum Gasteiger partial charge on any atom is 0.355 e. The molecule has 1 N–H and O–H groups in total. The molecule has 8 nitrogen and oxygen atoms in total. The van der Waals surface area contributed by atoms with E-state index in [1.807, 2.05) is 49.0 Å². The summed E-state index contributed by atoms with van der Waals surface area (Å²) in [4.78, 5) is 16.2. The monoisotopic (exact) mass is 674 g/mol. The molecule has 0 saturated heterocycles. The van der Waals surface area contributed by atoms with E-state index in [0.29, 0.717) is 55.4 Å². The van der Waals surface area contributed by atoms with Crippen LogP contribution in [0.15, 0.2) is 48.5 Å². The Balaban J connectivity index is 1.44. The van der Waals surface area contributed by atoms with E-state index in [1.165, 1.54) is 12.1 Å². The highest BCUT2D eigenvalue weighted by Gasteiger charge is 2.30. The standard InChI is InChI=1S/C38H44ClFN4O4/c1-4-32-35-31(41-42(32)3)24-43(19-10-21-45)18-6-7-20-44-36-29(16-17-30(39)34(35)36)28(37(44)38(46)47-5-2)12-9-22-48-33-13-8-11-25-23-26(40)14-15-27(25)33/h8,11,13-17,23,45H,4-7,9-10,12,18-22,24H2,1-3H3. The van der Waals surface area contributed by atoms with Crippen LogP contribution in [0.1, 0.15) is 67.0 Å². The van der Waals surface area contributed by atoms with Crippen LogP contribution in [0, 0.1) is 5.82 Å². The van der Waals surface area contributed by atoms with E-state index in [0.717, 1.165) is 82.1 Å². The number of nitrogens with zero attached hydrogens (tertiary/aromatic N) is 4. The molecule has 48 heavy (non-hydrogen) atoms. The summed E-state index contributed by atoms with van der Waals surface area (Å²) >= 11 is 7.15. The van der Waals surface area contributed by atoms with Gasteiger partial charge in [-0.1, -0.05) is 36.7 Å². The number of aliphatic hydroxyl groups is 1. The molecule has 0 fully saturated rings. The van der Waals surface area contributed by atoms with Gasteiger partial charge in [-0.2, -0.15) is 5.10 Å². The van der Waals surface area contributed by atoms with Gasteiger partial charge in [0, 0.05) is 60.9 Å². The molecule has 0 radical (unpaired) electrons. The summed E-state index contributed by atoms with van der Waals surface area (Å²) in [7, 11) is 1.98. The number of ether oxygens (including phenoxy) is 2. The van der Waals surface area contributed by atoms with Crippen molar-refractivity contribution in [1.82, 2.24) is 19.2 Å². The second-order valence-corrected chi connectivity index (χ2v) is 12.8. The minimum Gasteiger partial charge on any atom is -0.493 e. The molecular weight excluding hydrogens is 631 g/mol. The van der Waals surface area contributed by atoms with Crippen molar-refractivity contribution in [3.8, 4) is 16.9 Å². The second-order valence-electron chi connectivity index (χ2n) is 12.4. The van der Waals surface area contributed by atoms with Crippen molar-refractivity contribution >= 4 is 39.2 Å². The predicted molar refractivity (Wildman–Crippen MR) is 188 cm³/mol. The summed E-state index contributed by atoms with van der Waals surface area (Å²) in [5, 5.41) is 17.8. The van der Waals surface area contributed by atoms with Gasteiger partial charge in [-0.3, -0.25) is 9.58 Å². The van der Waals surface area contributed by atoms with E-state index in [4.69, 9.17) is 26.2 Å². The number of carbonyl (C=O) groups is 1. The lowest BCUT2D eigenvalue weighted by Gasteiger charge is -2.21. The van der Waals surface area contributed by atoms with Gasteiger partial charge >= 0.3 is 5.97 Å². The van der Waals surface area contributed by atoms with E-state index in [2.05, 4.69) is 16.4 Å². The van der Waals surface area contributed by atoms with Gasteiger partial charge in [-0.15, -0.1) is 0 Å². The van der Waals surface area contributed by atoms with Gasteiger partial charge in [0.25, 0.3) is 0 Å². The van der Waals surface area contributed by atoms with Crippen LogP contribution in [0.2, 0.25) is 5.02 Å². The molecule has 3 aromatic carbocycles. The second kappa shape index (κ2) is 15.1. The maximum atomic E-state index is 13.8. The third-order valence-electron chi connectivity index (χ3n) is 9.31. The molecule has 3 heterocycles. The normalized spacial score (nSPS) is 13.9. The molecule has 0 aliphatic carbocycles. The number of halogens is 2. The highest BCUT2D eigenvalue weighted by Crippen LogP contribution is 2.43. The van der Waals surface area contributed by atoms with Crippen molar-refractivity contribution in [2.45, 2.75) is 65.5 Å². The maximum absolute atomic E-state index is 13.8. The van der Waals surface area contributed by atoms with E-state index < -0.39 is 0 Å². The van der Waals surface area contributed by atoms with Crippen LogP contribution >= 0.6 is 11.6 Å². The van der Waals surface area contributed by atoms with Crippen molar-refractivity contribution in [1.29, 1.82) is 0 Å². The highest BCUT2D eigenvalue weighted by molar-refractivity contribution is 6.35. The number of rotatable bonds is 11. The largest absolute Gasteiger partial charge is 0.493 e. The van der Waals surface area contributed by atoms with Gasteiger partial charge in [0.1, 0.15) is 17.3 Å². The number of esters is 1. The first-order valence-electron chi connectivity index (χ1n) is 17.1. The van der Waals surface area contributed by atoms with Crippen LogP contribution in [-0.4, -0.2) is 63.2 Å². The topological polar surface area (TPSA) is 81.8 Å². The smallest absolute Gasteiger partial charge is 0.355 e. The fourth-order valence-corrected chi connectivity index (χ4v) is 7.47. The average molecular weight is 675 g/mol. The summed E-state index contributed by atoms with van der Waals surface area (Å²) in [5.74, 6) is 0.0779. The van der Waals surface area contributed by atoms with Crippen molar-refractivity contribution in [3.05, 3.63) is 82.0 Å². The molecule has 0 atom stereocenters. The van der Waals surface area contributed by atoms with Crippen molar-refractivity contribution in [2.24, 2.45) is 7.05 Å². The van der Waals surface area contributed by atoms with Crippen LogP contribution in [0.5, 0.6) is 5.75 Å². The minimum atomic E-state index is -0.343. The average Bonchev–Trinajstić information content (AvgIpc) is 3.55. The lowest BCUT2D eigenvalue weighted by molar-refractivity contribution is 0.0512. The first-order valence-corrected chi connectivity index (χ1v) is 17.4. The zero-order chi connectivity index (χ0) is 33.8. The molecule has 0 spiro atoms. The molecular formula is C38H44ClFN4O4. The Labute approximate surface area is 286 Å². The van der Waals surface area contributed by atoms with Gasteiger partial charge in [0.05, 0.1) is 29.4 Å². The zero-order valence-electron chi connectivity index (χ0n) is 28.0. The summed E-state index contributed by atoms with van der Waals surface area (Å²) in [6.07, 6.45) is 4.47. The number of aromatic nitrogens is 3. The Hall–Kier alpha value is -3.92. The van der Waals surface area contributed by atoms with E-state index in [9.17, 15) is 14.3 Å². The fraction of sp³-hybridized carbons (Fsp3) is 0.421. The van der Waals surface area contributed by atoms with Crippen LogP contribution in [-0.2, 0) is 37.7 Å². The van der Waals surface area contributed by atoms with Crippen LogP contribution < -0.4 is 4.74 Å². The molecule has 1 aliphatic rings. The number of fused-ring (bicyclic) bond motifs is 3. The molecule has 6 rings (SSSR count). The molecule has 0 unspecified atom stereocenters. The molecule has 0 amide bonds. The highest BCUT2D eigenvalue weighted by atomic mass is 35.5. The Morgan fingerprint density at radius 2 is 1.85 bits per heavy atom. The van der Waals surface area contributed by atoms with Gasteiger partial charge in [0.2, 0.25) is 0 Å². The molecule has 1 aliphatic heterocycles. The quantitative estimate of drug-likeness (QED) is 0.114. The Kier molecular flexibility index (Phi) is 10.7. The molecule has 5 aromatic rings. The zero-order valence-corrected chi connectivity index (χ0v) is 28.8. The summed E-state index contributed by atoms with van der Waals surface area (Å²) < 4.78 is 29.9. The number of carbonyl (C=O) groups excluding carboxylic acids is 1. The number of aryl methyl sites for hydroxylation is 3. The van der Waals surface area contributed by atoms with Crippen LogP contribution in [0.3, 0.4) is 0 Å². The van der Waals surface area contributed by atoms with Gasteiger partial charge in [-0.25, -0.2) is 9.18 Å². The summed E-state index contributed by atoms with van der Waals surface area (Å²) in [6, 6.07) is 14.3.